The van der Waals surface area contributed by atoms with Crippen molar-refractivity contribution in [3.8, 4) is 0 Å². The molecule has 1 fully saturated rings. The van der Waals surface area contributed by atoms with E-state index < -0.39 is 6.03 Å². The van der Waals surface area contributed by atoms with Crippen LogP contribution < -0.4 is 10.7 Å². The molecule has 2 rings (SSSR count). The standard InChI is InChI=1S/C19H29N3O4/c23-16-9-10-17(24)14-22-12-5-3-1-2-4-7-15(13-16)18(25)8-6-11-20-19(26)21-22/h5,12,15H,1-4,6-11,13-14H2,(H2,20,21,26)/b12-5-. The van der Waals surface area contributed by atoms with E-state index >= 15 is 0 Å². The van der Waals surface area contributed by atoms with Crippen molar-refractivity contribution in [2.45, 2.75) is 64.2 Å². The van der Waals surface area contributed by atoms with Gasteiger partial charge in [0.1, 0.15) is 11.6 Å². The summed E-state index contributed by atoms with van der Waals surface area (Å²) >= 11 is 0. The number of carbonyl (C=O) groups excluding carboxylic acids is 4. The van der Waals surface area contributed by atoms with Crippen LogP contribution in [0, 0.1) is 5.92 Å². The first-order valence-electron chi connectivity index (χ1n) is 9.58. The second kappa shape index (κ2) is 10.7. The Labute approximate surface area is 154 Å². The summed E-state index contributed by atoms with van der Waals surface area (Å²) in [5.74, 6) is -0.300. The Hall–Kier alpha value is -2.18. The van der Waals surface area contributed by atoms with Gasteiger partial charge in [-0.2, -0.15) is 0 Å². The zero-order valence-corrected chi connectivity index (χ0v) is 15.3. The number of nitrogens with zero attached hydrogens (tertiary/aromatic N) is 1. The first kappa shape index (κ1) is 20.1. The fourth-order valence-electron chi connectivity index (χ4n) is 3.30. The molecule has 2 bridgehead atoms. The van der Waals surface area contributed by atoms with E-state index in [0.717, 1.165) is 32.1 Å². The van der Waals surface area contributed by atoms with Crippen molar-refractivity contribution >= 4 is 23.4 Å². The van der Waals surface area contributed by atoms with Crippen molar-refractivity contribution in [2.24, 2.45) is 5.92 Å². The van der Waals surface area contributed by atoms with E-state index in [-0.39, 0.29) is 49.1 Å². The van der Waals surface area contributed by atoms with Gasteiger partial charge < -0.3 is 5.32 Å². The van der Waals surface area contributed by atoms with Gasteiger partial charge in [-0.05, 0) is 25.7 Å². The number of nitrogens with one attached hydrogen (secondary N) is 2. The minimum absolute atomic E-state index is 0.0225. The number of hydrazine groups is 1. The Morgan fingerprint density at radius 3 is 2.58 bits per heavy atom. The topological polar surface area (TPSA) is 95.6 Å². The lowest BCUT2D eigenvalue weighted by Gasteiger charge is -2.21. The van der Waals surface area contributed by atoms with Gasteiger partial charge in [-0.3, -0.25) is 19.4 Å². The summed E-state index contributed by atoms with van der Waals surface area (Å²) in [6.07, 6.45) is 9.55. The fraction of sp³-hybridized carbons (Fsp3) is 0.684. The highest BCUT2D eigenvalue weighted by Gasteiger charge is 2.22. The van der Waals surface area contributed by atoms with Crippen molar-refractivity contribution in [1.29, 1.82) is 0 Å². The van der Waals surface area contributed by atoms with E-state index in [1.165, 1.54) is 5.01 Å². The van der Waals surface area contributed by atoms with Gasteiger partial charge in [0.25, 0.3) is 0 Å². The van der Waals surface area contributed by atoms with Crippen molar-refractivity contribution in [2.75, 3.05) is 13.1 Å². The van der Waals surface area contributed by atoms with Crippen LogP contribution in [0.15, 0.2) is 12.3 Å². The lowest BCUT2D eigenvalue weighted by molar-refractivity contribution is -0.129. The number of Topliss-reactive ketones (excluding diaryl/α,β-unsaturated/α-hetero) is 3. The molecule has 2 heterocycles. The Morgan fingerprint density at radius 1 is 0.923 bits per heavy atom. The number of hydrogen-bond donors (Lipinski definition) is 2. The van der Waals surface area contributed by atoms with Crippen molar-refractivity contribution in [1.82, 2.24) is 15.8 Å². The summed E-state index contributed by atoms with van der Waals surface area (Å²) < 4.78 is 0. The van der Waals surface area contributed by atoms with Gasteiger partial charge in [0, 0.05) is 44.3 Å². The molecule has 2 amide bonds. The maximum absolute atomic E-state index is 12.5. The van der Waals surface area contributed by atoms with Crippen molar-refractivity contribution in [3.63, 3.8) is 0 Å². The summed E-state index contributed by atoms with van der Waals surface area (Å²) in [7, 11) is 0. The van der Waals surface area contributed by atoms with Crippen LogP contribution in [0.2, 0.25) is 0 Å². The minimum Gasteiger partial charge on any atom is -0.337 e. The van der Waals surface area contributed by atoms with E-state index in [9.17, 15) is 19.2 Å². The summed E-state index contributed by atoms with van der Waals surface area (Å²) in [6, 6.07) is -0.399. The molecule has 2 N–H and O–H groups in total. The number of urea groups is 1. The van der Waals surface area contributed by atoms with Crippen LogP contribution >= 0.6 is 0 Å². The van der Waals surface area contributed by atoms with Gasteiger partial charge >= 0.3 is 6.03 Å². The van der Waals surface area contributed by atoms with E-state index in [1.54, 1.807) is 6.20 Å². The Balaban J connectivity index is 2.20. The number of hydrogen-bond acceptors (Lipinski definition) is 5. The van der Waals surface area contributed by atoms with Gasteiger partial charge in [0.2, 0.25) is 0 Å². The first-order chi connectivity index (χ1) is 12.5. The molecule has 7 heteroatoms. The molecule has 1 atom stereocenters. The van der Waals surface area contributed by atoms with Gasteiger partial charge in [0.15, 0.2) is 5.78 Å². The maximum Gasteiger partial charge on any atom is 0.333 e. The minimum atomic E-state index is -0.399. The third-order valence-electron chi connectivity index (χ3n) is 4.80. The zero-order chi connectivity index (χ0) is 18.8. The number of rotatable bonds is 0. The molecule has 0 aliphatic carbocycles. The van der Waals surface area contributed by atoms with Crippen LogP contribution in [-0.4, -0.2) is 41.5 Å². The Morgan fingerprint density at radius 2 is 1.73 bits per heavy atom. The smallest absolute Gasteiger partial charge is 0.333 e. The molecule has 144 valence electrons. The highest BCUT2D eigenvalue weighted by atomic mass is 16.2. The third kappa shape index (κ3) is 7.37. The normalized spacial score (nSPS) is 26.2. The Bertz CT molecular complexity index is 559. The lowest BCUT2D eigenvalue weighted by atomic mass is 9.88. The number of amides is 2. The van der Waals surface area contributed by atoms with Crippen LogP contribution in [0.4, 0.5) is 4.79 Å². The second-order valence-electron chi connectivity index (χ2n) is 7.07. The largest absolute Gasteiger partial charge is 0.337 e. The predicted octanol–water partition coefficient (Wildman–Crippen LogP) is 2.27. The number of ketones is 3. The summed E-state index contributed by atoms with van der Waals surface area (Å²) in [5.41, 5.74) is 2.64. The van der Waals surface area contributed by atoms with E-state index in [4.69, 9.17) is 0 Å². The van der Waals surface area contributed by atoms with Gasteiger partial charge in [-0.15, -0.1) is 0 Å². The fourth-order valence-corrected chi connectivity index (χ4v) is 3.30. The molecule has 0 aromatic rings. The average Bonchev–Trinajstić information content (AvgIpc) is 2.60. The molecule has 2 aliphatic rings. The molecule has 2 aliphatic heterocycles. The molecule has 0 spiro atoms. The lowest BCUT2D eigenvalue weighted by Crippen LogP contribution is -2.46. The highest BCUT2D eigenvalue weighted by molar-refractivity contribution is 5.91. The number of allylic oxidation sites excluding steroid dienone is 1. The SMILES string of the molecule is O=C1CCC(=O)CN2/C=C\CCCCCC(C1)C(=O)CCCNC(=O)N2. The molecule has 0 saturated carbocycles. The predicted molar refractivity (Wildman–Crippen MR) is 97.1 cm³/mol. The molecular weight excluding hydrogens is 334 g/mol. The van der Waals surface area contributed by atoms with Crippen LogP contribution in [-0.2, 0) is 14.4 Å². The quantitative estimate of drug-likeness (QED) is 0.688. The van der Waals surface area contributed by atoms with Gasteiger partial charge in [-0.1, -0.05) is 18.9 Å². The van der Waals surface area contributed by atoms with E-state index in [2.05, 4.69) is 10.7 Å². The second-order valence-corrected chi connectivity index (χ2v) is 7.07. The average molecular weight is 363 g/mol. The summed E-state index contributed by atoms with van der Waals surface area (Å²) in [4.78, 5) is 48.9. The highest BCUT2D eigenvalue weighted by Crippen LogP contribution is 2.20. The van der Waals surface area contributed by atoms with Crippen LogP contribution in [0.3, 0.4) is 0 Å². The molecule has 1 saturated heterocycles. The molecule has 7 nitrogen and oxygen atoms in total. The number of carbonyl (C=O) groups is 4. The molecule has 0 aromatic carbocycles. The van der Waals surface area contributed by atoms with Crippen molar-refractivity contribution in [3.05, 3.63) is 12.3 Å². The summed E-state index contributed by atoms with van der Waals surface area (Å²) in [6.45, 7) is 0.406. The first-order valence-corrected chi connectivity index (χ1v) is 9.58. The summed E-state index contributed by atoms with van der Waals surface area (Å²) in [5, 5.41) is 4.18. The molecule has 0 radical (unpaired) electrons. The van der Waals surface area contributed by atoms with Crippen LogP contribution in [0.25, 0.3) is 0 Å². The zero-order valence-electron chi connectivity index (χ0n) is 15.3. The van der Waals surface area contributed by atoms with Crippen LogP contribution in [0.5, 0.6) is 0 Å². The molecule has 26 heavy (non-hydrogen) atoms. The van der Waals surface area contributed by atoms with Crippen LogP contribution in [0.1, 0.15) is 64.2 Å². The molecule has 1 unspecified atom stereocenters. The van der Waals surface area contributed by atoms with Gasteiger partial charge in [-0.25, -0.2) is 10.2 Å². The monoisotopic (exact) mass is 363 g/mol. The van der Waals surface area contributed by atoms with Gasteiger partial charge in [0.05, 0.1) is 6.54 Å². The molecular formula is C19H29N3O4. The van der Waals surface area contributed by atoms with Crippen molar-refractivity contribution < 1.29 is 19.2 Å². The Kier molecular flexibility index (Phi) is 8.31. The maximum atomic E-state index is 12.5. The number of fused-ring (bicyclic) bond motifs is 7. The third-order valence-corrected chi connectivity index (χ3v) is 4.80. The molecule has 0 aromatic heterocycles. The van der Waals surface area contributed by atoms with E-state index in [0.29, 0.717) is 19.4 Å². The van der Waals surface area contributed by atoms with E-state index in [1.807, 2.05) is 6.08 Å².